The van der Waals surface area contributed by atoms with Crippen LogP contribution in [0.15, 0.2) is 42.5 Å². The van der Waals surface area contributed by atoms with Gasteiger partial charge in [0, 0.05) is 31.7 Å². The summed E-state index contributed by atoms with van der Waals surface area (Å²) in [5.74, 6) is 2.44. The maximum Gasteiger partial charge on any atom is 0.293 e. The van der Waals surface area contributed by atoms with Crippen molar-refractivity contribution in [3.8, 4) is 34.3 Å². The van der Waals surface area contributed by atoms with Crippen LogP contribution in [0.25, 0.3) is 17.1 Å². The number of hydrogen-bond acceptors (Lipinski definition) is 7. The van der Waals surface area contributed by atoms with Gasteiger partial charge in [-0.05, 0) is 49.5 Å². The third-order valence-corrected chi connectivity index (χ3v) is 5.55. The van der Waals surface area contributed by atoms with Crippen molar-refractivity contribution >= 4 is 5.91 Å². The van der Waals surface area contributed by atoms with Crippen LogP contribution in [0, 0.1) is 0 Å². The van der Waals surface area contributed by atoms with Crippen LogP contribution < -0.4 is 14.2 Å². The van der Waals surface area contributed by atoms with E-state index in [0.29, 0.717) is 30.4 Å². The van der Waals surface area contributed by atoms with Crippen molar-refractivity contribution in [3.05, 3.63) is 48.3 Å². The number of carbonyl (C=O) groups excluding carboxylic acids is 1. The molecule has 4 rings (SSSR count). The maximum absolute atomic E-state index is 13.2. The van der Waals surface area contributed by atoms with E-state index < -0.39 is 0 Å². The van der Waals surface area contributed by atoms with Gasteiger partial charge in [-0.2, -0.15) is 0 Å². The SMILES string of the molecule is COc1ccc(-n2nc(C(=O)N3CCN(C)CC3)nc2-c2ccc(OC)c(OC)c2)cc1. The molecule has 1 amide bonds. The van der Waals surface area contributed by atoms with Crippen molar-refractivity contribution in [2.75, 3.05) is 54.6 Å². The number of ether oxygens (including phenoxy) is 3. The molecule has 0 unspecified atom stereocenters. The van der Waals surface area contributed by atoms with E-state index in [1.54, 1.807) is 30.9 Å². The maximum atomic E-state index is 13.2. The van der Waals surface area contributed by atoms with Gasteiger partial charge >= 0.3 is 0 Å². The summed E-state index contributed by atoms with van der Waals surface area (Å²) in [7, 11) is 6.84. The summed E-state index contributed by atoms with van der Waals surface area (Å²) in [6, 6.07) is 12.9. The van der Waals surface area contributed by atoms with Crippen molar-refractivity contribution in [1.82, 2.24) is 24.6 Å². The molecule has 1 fully saturated rings. The molecule has 9 heteroatoms. The second-order valence-electron chi connectivity index (χ2n) is 7.53. The lowest BCUT2D eigenvalue weighted by Gasteiger charge is -2.31. The summed E-state index contributed by atoms with van der Waals surface area (Å²) in [4.78, 5) is 21.8. The number of benzene rings is 2. The summed E-state index contributed by atoms with van der Waals surface area (Å²) >= 11 is 0. The van der Waals surface area contributed by atoms with Gasteiger partial charge in [0.1, 0.15) is 5.75 Å². The predicted octanol–water partition coefficient (Wildman–Crippen LogP) is 2.35. The molecule has 0 atom stereocenters. The van der Waals surface area contributed by atoms with Gasteiger partial charge in [-0.25, -0.2) is 9.67 Å². The van der Waals surface area contributed by atoms with Crippen molar-refractivity contribution in [2.24, 2.45) is 0 Å². The fourth-order valence-electron chi connectivity index (χ4n) is 3.62. The van der Waals surface area contributed by atoms with E-state index in [1.165, 1.54) is 0 Å². The van der Waals surface area contributed by atoms with Crippen LogP contribution in [0.3, 0.4) is 0 Å². The molecule has 2 aromatic carbocycles. The van der Waals surface area contributed by atoms with Gasteiger partial charge in [-0.15, -0.1) is 5.10 Å². The second kappa shape index (κ2) is 9.27. The Labute approximate surface area is 187 Å². The van der Waals surface area contributed by atoms with Crippen LogP contribution in [0.1, 0.15) is 10.6 Å². The molecule has 3 aromatic rings. The van der Waals surface area contributed by atoms with Gasteiger partial charge in [0.15, 0.2) is 17.3 Å². The molecule has 0 spiro atoms. The highest BCUT2D eigenvalue weighted by Crippen LogP contribution is 2.32. The average Bonchev–Trinajstić information content (AvgIpc) is 3.29. The molecule has 1 aliphatic rings. The van der Waals surface area contributed by atoms with E-state index >= 15 is 0 Å². The van der Waals surface area contributed by atoms with Gasteiger partial charge in [0.05, 0.1) is 27.0 Å². The molecule has 168 valence electrons. The van der Waals surface area contributed by atoms with Gasteiger partial charge in [0.25, 0.3) is 5.91 Å². The van der Waals surface area contributed by atoms with E-state index in [0.717, 1.165) is 30.1 Å². The van der Waals surface area contributed by atoms with Crippen LogP contribution in [0.2, 0.25) is 0 Å². The number of piperazine rings is 1. The quantitative estimate of drug-likeness (QED) is 0.585. The number of carbonyl (C=O) groups is 1. The van der Waals surface area contributed by atoms with Crippen molar-refractivity contribution < 1.29 is 19.0 Å². The first-order valence-corrected chi connectivity index (χ1v) is 10.4. The van der Waals surface area contributed by atoms with Crippen LogP contribution in [0.4, 0.5) is 0 Å². The van der Waals surface area contributed by atoms with Crippen LogP contribution >= 0.6 is 0 Å². The molecule has 0 aliphatic carbocycles. The number of aromatic nitrogens is 3. The monoisotopic (exact) mass is 437 g/mol. The minimum Gasteiger partial charge on any atom is -0.497 e. The molecule has 1 aliphatic heterocycles. The highest BCUT2D eigenvalue weighted by molar-refractivity contribution is 5.91. The van der Waals surface area contributed by atoms with Gasteiger partial charge in [0.2, 0.25) is 5.82 Å². The highest BCUT2D eigenvalue weighted by Gasteiger charge is 2.26. The topological polar surface area (TPSA) is 82.0 Å². The minimum absolute atomic E-state index is 0.162. The lowest BCUT2D eigenvalue weighted by Crippen LogP contribution is -2.47. The molecule has 0 saturated carbocycles. The Morgan fingerprint density at radius 2 is 1.56 bits per heavy atom. The average molecular weight is 438 g/mol. The normalized spacial score (nSPS) is 14.3. The molecule has 9 nitrogen and oxygen atoms in total. The van der Waals surface area contributed by atoms with E-state index in [4.69, 9.17) is 14.2 Å². The zero-order valence-electron chi connectivity index (χ0n) is 18.7. The highest BCUT2D eigenvalue weighted by atomic mass is 16.5. The summed E-state index contributed by atoms with van der Waals surface area (Å²) in [5.41, 5.74) is 1.52. The van der Waals surface area contributed by atoms with Gasteiger partial charge < -0.3 is 24.0 Å². The fraction of sp³-hybridized carbons (Fsp3) is 0.348. The molecule has 0 N–H and O–H groups in total. The second-order valence-corrected chi connectivity index (χ2v) is 7.53. The van der Waals surface area contributed by atoms with Crippen molar-refractivity contribution in [1.29, 1.82) is 0 Å². The molecule has 1 saturated heterocycles. The first-order chi connectivity index (χ1) is 15.5. The van der Waals surface area contributed by atoms with Crippen LogP contribution in [-0.2, 0) is 0 Å². The third-order valence-electron chi connectivity index (χ3n) is 5.55. The lowest BCUT2D eigenvalue weighted by molar-refractivity contribution is 0.0652. The molecule has 32 heavy (non-hydrogen) atoms. The summed E-state index contributed by atoms with van der Waals surface area (Å²) in [6.07, 6.45) is 0. The number of methoxy groups -OCH3 is 3. The van der Waals surface area contributed by atoms with E-state index in [2.05, 4.69) is 15.0 Å². The Balaban J connectivity index is 1.77. The molecule has 0 radical (unpaired) electrons. The summed E-state index contributed by atoms with van der Waals surface area (Å²) < 4.78 is 17.7. The predicted molar refractivity (Wildman–Crippen MR) is 120 cm³/mol. The molecular weight excluding hydrogens is 410 g/mol. The third kappa shape index (κ3) is 4.24. The van der Waals surface area contributed by atoms with E-state index in [-0.39, 0.29) is 11.7 Å². The van der Waals surface area contributed by atoms with Gasteiger partial charge in [-0.1, -0.05) is 0 Å². The van der Waals surface area contributed by atoms with Crippen LogP contribution in [0.5, 0.6) is 17.2 Å². The van der Waals surface area contributed by atoms with Crippen molar-refractivity contribution in [3.63, 3.8) is 0 Å². The molecule has 0 bridgehead atoms. The standard InChI is InChI=1S/C23H27N5O4/c1-26-11-13-27(14-12-26)23(29)21-24-22(16-5-10-19(31-3)20(15-16)32-4)28(25-21)17-6-8-18(30-2)9-7-17/h5-10,15H,11-14H2,1-4H3. The van der Waals surface area contributed by atoms with Crippen molar-refractivity contribution in [2.45, 2.75) is 0 Å². The van der Waals surface area contributed by atoms with Gasteiger partial charge in [-0.3, -0.25) is 4.79 Å². The number of rotatable bonds is 6. The Kier molecular flexibility index (Phi) is 6.27. The Morgan fingerprint density at radius 3 is 2.19 bits per heavy atom. The minimum atomic E-state index is -0.174. The zero-order chi connectivity index (χ0) is 22.7. The number of likely N-dealkylation sites (N-methyl/N-ethyl adjacent to an activating group) is 1. The number of nitrogens with zero attached hydrogens (tertiary/aromatic N) is 5. The van der Waals surface area contributed by atoms with Crippen LogP contribution in [-0.4, -0.2) is 85.0 Å². The Morgan fingerprint density at radius 1 is 0.875 bits per heavy atom. The molecular formula is C23H27N5O4. The Bertz CT molecular complexity index is 1090. The molecule has 1 aromatic heterocycles. The first kappa shape index (κ1) is 21.6. The van der Waals surface area contributed by atoms with E-state index in [1.807, 2.05) is 49.5 Å². The fourth-order valence-corrected chi connectivity index (χ4v) is 3.62. The smallest absolute Gasteiger partial charge is 0.293 e. The van der Waals surface area contributed by atoms with E-state index in [9.17, 15) is 4.79 Å². The lowest BCUT2D eigenvalue weighted by atomic mass is 10.2. The summed E-state index contributed by atoms with van der Waals surface area (Å²) in [6.45, 7) is 2.96. The zero-order valence-corrected chi connectivity index (χ0v) is 18.7. The first-order valence-electron chi connectivity index (χ1n) is 10.4. The number of hydrogen-bond donors (Lipinski definition) is 0. The summed E-state index contributed by atoms with van der Waals surface area (Å²) in [5, 5.41) is 4.59. The molecule has 2 heterocycles. The largest absolute Gasteiger partial charge is 0.497 e. The Hall–Kier alpha value is -3.59. The number of amides is 1.